The fourth-order valence-corrected chi connectivity index (χ4v) is 12.9. The number of hydrogen-bond donors (Lipinski definition) is 12. The van der Waals surface area contributed by atoms with Gasteiger partial charge in [-0.1, -0.05) is 284 Å². The lowest BCUT2D eigenvalue weighted by atomic mass is 9.96. The zero-order chi connectivity index (χ0) is 73.9. The number of hydrogen-bond acceptors (Lipinski definition) is 18. The zero-order valence-electron chi connectivity index (χ0n) is 62.8. The standard InChI is InChI=1S/C83H143NO18/c1-3-5-7-9-11-13-15-17-19-21-22-23-24-25-26-27-28-29-30-31-32-33-34-35-36-37-38-39-40-41-42-43-44-45-47-49-51-53-55-57-59-61-71(89)84-66(67(88)60-58-56-54-52-50-48-46-20-18-16-14-12-10-8-6-4-2)65-97-81-77(95)74(92)79(69(63-86)99-81)102-83-78(96)75(93)80(70(64-87)100-83)101-82-76(94)73(91)72(90)68(62-85)98-82/h5,7,11,13,17-20,22-23,25-26,28-29,50,52,58,60,66-70,72-83,85-88,90-96H,3-4,6,8-10,12,14-16,21,24,27,30-49,51,53-57,59,61-65H2,1-2H3,(H,84,89)/b7-5-,13-11-,19-17-,20-18+,23-22-,26-25-,29-28-,52-50+,60-58+. The van der Waals surface area contributed by atoms with Crippen molar-refractivity contribution in [3.8, 4) is 0 Å². The third kappa shape index (κ3) is 42.1. The summed E-state index contributed by atoms with van der Waals surface area (Å²) >= 11 is 0. The van der Waals surface area contributed by atoms with Gasteiger partial charge in [0.15, 0.2) is 18.9 Å². The van der Waals surface area contributed by atoms with Gasteiger partial charge in [-0.3, -0.25) is 4.79 Å². The van der Waals surface area contributed by atoms with Crippen molar-refractivity contribution in [2.24, 2.45) is 0 Å². The summed E-state index contributed by atoms with van der Waals surface area (Å²) in [7, 11) is 0. The number of nitrogens with one attached hydrogen (secondary N) is 1. The van der Waals surface area contributed by atoms with Gasteiger partial charge in [0.05, 0.1) is 38.6 Å². The number of unbranched alkanes of at least 4 members (excludes halogenated alkanes) is 30. The Morgan fingerprint density at radius 3 is 1.10 bits per heavy atom. The minimum absolute atomic E-state index is 0.230. The molecular weight excluding hydrogens is 1300 g/mol. The van der Waals surface area contributed by atoms with Gasteiger partial charge in [0.1, 0.15) is 73.2 Å². The monoisotopic (exact) mass is 1440 g/mol. The predicted octanol–water partition coefficient (Wildman–Crippen LogP) is 13.3. The predicted molar refractivity (Wildman–Crippen MR) is 406 cm³/mol. The molecule has 102 heavy (non-hydrogen) atoms. The highest BCUT2D eigenvalue weighted by molar-refractivity contribution is 5.76. The van der Waals surface area contributed by atoms with Crippen molar-refractivity contribution >= 4 is 5.91 Å². The maximum absolute atomic E-state index is 13.4. The number of aliphatic hydroxyl groups excluding tert-OH is 11. The molecule has 588 valence electrons. The van der Waals surface area contributed by atoms with Crippen LogP contribution >= 0.6 is 0 Å². The van der Waals surface area contributed by atoms with Crippen LogP contribution in [0.15, 0.2) is 109 Å². The average Bonchev–Trinajstić information content (AvgIpc) is 0.755. The first-order valence-corrected chi connectivity index (χ1v) is 40.1. The second-order valence-electron chi connectivity index (χ2n) is 28.1. The SMILES string of the molecule is CC/C=C\C/C=C\C/C=C\C/C=C\C/C=C\C/C=C\CCCCCCCCCCCCCCCCCCCCCCCCC(=O)NC(COC1OC(CO)C(OC2OC(CO)C(OC3OC(CO)C(O)C(O)C3O)C(O)C2O)C(O)C1O)C(O)/C=C/CC/C=C/CC/C=C/CCCCCCCC. The van der Waals surface area contributed by atoms with Gasteiger partial charge in [-0.15, -0.1) is 0 Å². The Kier molecular flexibility index (Phi) is 56.8. The summed E-state index contributed by atoms with van der Waals surface area (Å²) in [6.07, 6.45) is 59.6. The molecule has 19 nitrogen and oxygen atoms in total. The Bertz CT molecular complexity index is 2270. The number of carbonyl (C=O) groups excluding carboxylic acids is 1. The molecule has 0 saturated carbocycles. The lowest BCUT2D eigenvalue weighted by Gasteiger charge is -2.48. The molecule has 0 bridgehead atoms. The van der Waals surface area contributed by atoms with Crippen molar-refractivity contribution in [2.45, 2.75) is 381 Å². The van der Waals surface area contributed by atoms with Gasteiger partial charge >= 0.3 is 0 Å². The van der Waals surface area contributed by atoms with Crippen molar-refractivity contribution in [3.05, 3.63) is 109 Å². The van der Waals surface area contributed by atoms with E-state index in [2.05, 4.69) is 116 Å². The molecule has 12 N–H and O–H groups in total. The summed E-state index contributed by atoms with van der Waals surface area (Å²) < 4.78 is 34.4. The zero-order valence-corrected chi connectivity index (χ0v) is 62.8. The van der Waals surface area contributed by atoms with E-state index in [0.29, 0.717) is 12.8 Å². The molecular formula is C83H143NO18. The van der Waals surface area contributed by atoms with Gasteiger partial charge in [-0.25, -0.2) is 0 Å². The highest BCUT2D eigenvalue weighted by Crippen LogP contribution is 2.33. The molecule has 3 saturated heterocycles. The average molecular weight is 1440 g/mol. The van der Waals surface area contributed by atoms with Crippen LogP contribution in [-0.2, 0) is 33.2 Å². The highest BCUT2D eigenvalue weighted by Gasteiger charge is 2.54. The Balaban J connectivity index is 1.30. The molecule has 19 heteroatoms. The second kappa shape index (κ2) is 62.5. The second-order valence-corrected chi connectivity index (χ2v) is 28.1. The van der Waals surface area contributed by atoms with Crippen LogP contribution in [0.2, 0.25) is 0 Å². The molecule has 3 aliphatic heterocycles. The van der Waals surface area contributed by atoms with Crippen LogP contribution in [0, 0.1) is 0 Å². The molecule has 0 aromatic carbocycles. The molecule has 17 unspecified atom stereocenters. The number of rotatable bonds is 62. The van der Waals surface area contributed by atoms with E-state index in [0.717, 1.165) is 83.5 Å². The van der Waals surface area contributed by atoms with E-state index in [1.807, 2.05) is 6.08 Å². The van der Waals surface area contributed by atoms with Crippen LogP contribution in [-0.4, -0.2) is 193 Å². The molecule has 1 amide bonds. The van der Waals surface area contributed by atoms with Gasteiger partial charge in [0.2, 0.25) is 5.91 Å². The van der Waals surface area contributed by atoms with E-state index < -0.39 is 124 Å². The molecule has 3 aliphatic rings. The number of carbonyl (C=O) groups is 1. The number of aliphatic hydroxyl groups is 11. The van der Waals surface area contributed by atoms with Crippen molar-refractivity contribution in [3.63, 3.8) is 0 Å². The normalized spacial score (nSPS) is 26.8. The lowest BCUT2D eigenvalue weighted by Crippen LogP contribution is -2.66. The fraction of sp³-hybridized carbons (Fsp3) is 0.771. The summed E-state index contributed by atoms with van der Waals surface area (Å²) in [4.78, 5) is 13.4. The van der Waals surface area contributed by atoms with E-state index in [9.17, 15) is 61.0 Å². The minimum Gasteiger partial charge on any atom is -0.394 e. The van der Waals surface area contributed by atoms with E-state index in [4.69, 9.17) is 28.4 Å². The number of amides is 1. The van der Waals surface area contributed by atoms with Crippen molar-refractivity contribution < 1.29 is 89.4 Å². The molecule has 3 rings (SSSR count). The quantitative estimate of drug-likeness (QED) is 0.0199. The largest absolute Gasteiger partial charge is 0.394 e. The van der Waals surface area contributed by atoms with Gasteiger partial charge < -0.3 is 89.9 Å². The fourth-order valence-electron chi connectivity index (χ4n) is 12.9. The molecule has 3 heterocycles. The minimum atomic E-state index is -1.99. The van der Waals surface area contributed by atoms with Gasteiger partial charge in [-0.05, 0) is 96.3 Å². The summed E-state index contributed by atoms with van der Waals surface area (Å²) in [6.45, 7) is 1.59. The van der Waals surface area contributed by atoms with E-state index in [1.54, 1.807) is 6.08 Å². The third-order valence-electron chi connectivity index (χ3n) is 19.3. The van der Waals surface area contributed by atoms with Crippen LogP contribution in [0.3, 0.4) is 0 Å². The molecule has 0 aromatic rings. The maximum Gasteiger partial charge on any atom is 0.220 e. The first-order chi connectivity index (χ1) is 49.8. The van der Waals surface area contributed by atoms with E-state index in [1.165, 1.54) is 161 Å². The van der Waals surface area contributed by atoms with Gasteiger partial charge in [-0.2, -0.15) is 0 Å². The molecule has 0 spiro atoms. The number of ether oxygens (including phenoxy) is 6. The first kappa shape index (κ1) is 92.7. The Hall–Kier alpha value is -3.55. The van der Waals surface area contributed by atoms with E-state index >= 15 is 0 Å². The topological polar surface area (TPSA) is 307 Å². The maximum atomic E-state index is 13.4. The molecule has 3 fully saturated rings. The Morgan fingerprint density at radius 2 is 0.686 bits per heavy atom. The van der Waals surface area contributed by atoms with Crippen LogP contribution in [0.5, 0.6) is 0 Å². The van der Waals surface area contributed by atoms with Crippen LogP contribution < -0.4 is 5.32 Å². The van der Waals surface area contributed by atoms with Crippen molar-refractivity contribution in [1.29, 1.82) is 0 Å². The van der Waals surface area contributed by atoms with Crippen molar-refractivity contribution in [2.75, 3.05) is 26.4 Å². The summed E-state index contributed by atoms with van der Waals surface area (Å²) in [6, 6.07) is -1.00. The molecule has 0 radical (unpaired) electrons. The van der Waals surface area contributed by atoms with Gasteiger partial charge in [0, 0.05) is 6.42 Å². The van der Waals surface area contributed by atoms with Crippen LogP contribution in [0.1, 0.15) is 277 Å². The van der Waals surface area contributed by atoms with Crippen LogP contribution in [0.25, 0.3) is 0 Å². The summed E-state index contributed by atoms with van der Waals surface area (Å²) in [5.41, 5.74) is 0. The highest BCUT2D eigenvalue weighted by atomic mass is 16.8. The van der Waals surface area contributed by atoms with E-state index in [-0.39, 0.29) is 18.9 Å². The smallest absolute Gasteiger partial charge is 0.220 e. The summed E-state index contributed by atoms with van der Waals surface area (Å²) in [5, 5.41) is 121. The van der Waals surface area contributed by atoms with Crippen molar-refractivity contribution in [1.82, 2.24) is 5.32 Å². The lowest BCUT2D eigenvalue weighted by molar-refractivity contribution is -0.379. The van der Waals surface area contributed by atoms with Crippen LogP contribution in [0.4, 0.5) is 0 Å². The third-order valence-corrected chi connectivity index (χ3v) is 19.3. The molecule has 17 atom stereocenters. The first-order valence-electron chi connectivity index (χ1n) is 40.1. The Labute approximate surface area is 615 Å². The Morgan fingerprint density at radius 1 is 0.363 bits per heavy atom. The number of allylic oxidation sites excluding steroid dienone is 17. The van der Waals surface area contributed by atoms with Gasteiger partial charge in [0.25, 0.3) is 0 Å². The molecule has 0 aromatic heterocycles. The summed E-state index contributed by atoms with van der Waals surface area (Å²) in [5.74, 6) is -0.289. The molecule has 0 aliphatic carbocycles.